The molecular weight excluding hydrogens is 273 g/mol. The lowest BCUT2D eigenvalue weighted by Gasteiger charge is -2.09. The number of nitrogens with one attached hydrogen (secondary N) is 1. The lowest BCUT2D eigenvalue weighted by Crippen LogP contribution is -2.33. The van der Waals surface area contributed by atoms with Gasteiger partial charge in [0, 0.05) is 5.56 Å². The Morgan fingerprint density at radius 1 is 1.33 bits per heavy atom. The lowest BCUT2D eigenvalue weighted by molar-refractivity contribution is -0.121. The summed E-state index contributed by atoms with van der Waals surface area (Å²) in [5.74, 6) is -0.872. The van der Waals surface area contributed by atoms with Gasteiger partial charge in [-0.2, -0.15) is 13.2 Å². The summed E-state index contributed by atoms with van der Waals surface area (Å²) >= 11 is 0. The van der Waals surface area contributed by atoms with Crippen LogP contribution in [-0.4, -0.2) is 27.0 Å². The van der Waals surface area contributed by atoms with Crippen LogP contribution in [0.5, 0.6) is 0 Å². The van der Waals surface area contributed by atoms with Gasteiger partial charge in [0.05, 0.1) is 4.90 Å². The predicted octanol–water partition coefficient (Wildman–Crippen LogP) is 0.626. The maximum atomic E-state index is 11.9. The van der Waals surface area contributed by atoms with Gasteiger partial charge >= 0.3 is 6.18 Å². The third-order valence-electron chi connectivity index (χ3n) is 1.89. The van der Waals surface area contributed by atoms with Crippen LogP contribution in [0.1, 0.15) is 10.4 Å². The van der Waals surface area contributed by atoms with Gasteiger partial charge < -0.3 is 5.73 Å². The third kappa shape index (κ3) is 4.00. The number of benzene rings is 1. The molecule has 0 radical (unpaired) electrons. The van der Waals surface area contributed by atoms with Crippen LogP contribution in [0.3, 0.4) is 0 Å². The molecule has 0 aliphatic carbocycles. The van der Waals surface area contributed by atoms with Gasteiger partial charge in [-0.15, -0.1) is 0 Å². The van der Waals surface area contributed by atoms with E-state index < -0.39 is 33.5 Å². The van der Waals surface area contributed by atoms with Crippen molar-refractivity contribution in [1.82, 2.24) is 4.72 Å². The second-order valence-electron chi connectivity index (χ2n) is 3.33. The molecule has 0 unspecified atom stereocenters. The Hall–Kier alpha value is -1.61. The lowest BCUT2D eigenvalue weighted by atomic mass is 10.2. The van der Waals surface area contributed by atoms with Gasteiger partial charge in [-0.3, -0.25) is 4.79 Å². The molecule has 100 valence electrons. The maximum Gasteiger partial charge on any atom is 0.402 e. The Labute approximate surface area is 101 Å². The molecule has 0 saturated heterocycles. The van der Waals surface area contributed by atoms with Gasteiger partial charge in [0.1, 0.15) is 6.54 Å². The fourth-order valence-corrected chi connectivity index (χ4v) is 2.14. The first-order valence-electron chi connectivity index (χ1n) is 4.58. The highest BCUT2D eigenvalue weighted by Crippen LogP contribution is 2.16. The van der Waals surface area contributed by atoms with E-state index in [0.717, 1.165) is 12.1 Å². The number of primary amides is 1. The molecule has 0 fully saturated rings. The van der Waals surface area contributed by atoms with Crippen molar-refractivity contribution in [3.05, 3.63) is 29.8 Å². The predicted molar refractivity (Wildman–Crippen MR) is 56.2 cm³/mol. The van der Waals surface area contributed by atoms with E-state index in [0.29, 0.717) is 0 Å². The molecule has 1 rings (SSSR count). The number of carbonyl (C=O) groups excluding carboxylic acids is 1. The summed E-state index contributed by atoms with van der Waals surface area (Å²) in [6, 6.07) is 4.43. The Morgan fingerprint density at radius 3 is 2.44 bits per heavy atom. The molecule has 1 aromatic rings. The second-order valence-corrected chi connectivity index (χ2v) is 5.10. The number of alkyl halides is 3. The molecule has 3 N–H and O–H groups in total. The van der Waals surface area contributed by atoms with E-state index in [1.807, 2.05) is 0 Å². The van der Waals surface area contributed by atoms with Gasteiger partial charge in [0.25, 0.3) is 0 Å². The van der Waals surface area contributed by atoms with Crippen LogP contribution in [-0.2, 0) is 10.0 Å². The highest BCUT2D eigenvalue weighted by Gasteiger charge is 2.30. The number of carbonyl (C=O) groups is 1. The van der Waals surface area contributed by atoms with E-state index >= 15 is 0 Å². The molecule has 0 saturated carbocycles. The molecule has 0 aromatic heterocycles. The SMILES string of the molecule is NC(=O)c1cccc(S(=O)(=O)NCC(F)(F)F)c1. The first-order valence-corrected chi connectivity index (χ1v) is 6.06. The number of halogens is 3. The molecular formula is C9H9F3N2O3S. The first-order chi connectivity index (χ1) is 8.12. The third-order valence-corrected chi connectivity index (χ3v) is 3.29. The van der Waals surface area contributed by atoms with E-state index in [4.69, 9.17) is 5.73 Å². The molecule has 9 heteroatoms. The zero-order valence-electron chi connectivity index (χ0n) is 8.86. The van der Waals surface area contributed by atoms with Crippen LogP contribution >= 0.6 is 0 Å². The fourth-order valence-electron chi connectivity index (χ4n) is 1.08. The Kier molecular flexibility index (Phi) is 3.97. The number of nitrogens with two attached hydrogens (primary N) is 1. The standard InChI is InChI=1S/C9H9F3N2O3S/c10-9(11,12)5-14-18(16,17)7-3-1-2-6(4-7)8(13)15/h1-4,14H,5H2,(H2,13,15). The summed E-state index contributed by atoms with van der Waals surface area (Å²) in [7, 11) is -4.33. The van der Waals surface area contributed by atoms with Crippen LogP contribution in [0.25, 0.3) is 0 Å². The van der Waals surface area contributed by atoms with Gasteiger partial charge in [-0.1, -0.05) is 6.07 Å². The number of amides is 1. The fraction of sp³-hybridized carbons (Fsp3) is 0.222. The highest BCUT2D eigenvalue weighted by atomic mass is 32.2. The molecule has 1 amide bonds. The quantitative estimate of drug-likeness (QED) is 0.848. The molecule has 0 heterocycles. The van der Waals surface area contributed by atoms with Gasteiger partial charge in [0.2, 0.25) is 15.9 Å². The Bertz CT molecular complexity index is 554. The van der Waals surface area contributed by atoms with Crippen LogP contribution in [0.2, 0.25) is 0 Å². The minimum atomic E-state index is -4.66. The number of sulfonamides is 1. The largest absolute Gasteiger partial charge is 0.402 e. The van der Waals surface area contributed by atoms with Crippen LogP contribution in [0, 0.1) is 0 Å². The van der Waals surface area contributed by atoms with Crippen molar-refractivity contribution in [2.75, 3.05) is 6.54 Å². The maximum absolute atomic E-state index is 11.9. The summed E-state index contributed by atoms with van der Waals surface area (Å²) in [6.45, 7) is -1.68. The molecule has 0 bridgehead atoms. The molecule has 0 aliphatic rings. The number of hydrogen-bond acceptors (Lipinski definition) is 3. The van der Waals surface area contributed by atoms with Crippen molar-refractivity contribution in [3.63, 3.8) is 0 Å². The minimum Gasteiger partial charge on any atom is -0.366 e. The van der Waals surface area contributed by atoms with Crippen molar-refractivity contribution in [2.24, 2.45) is 5.73 Å². The monoisotopic (exact) mass is 282 g/mol. The smallest absolute Gasteiger partial charge is 0.366 e. The van der Waals surface area contributed by atoms with Crippen LogP contribution < -0.4 is 10.5 Å². The van der Waals surface area contributed by atoms with E-state index in [-0.39, 0.29) is 5.56 Å². The van der Waals surface area contributed by atoms with Crippen LogP contribution in [0.4, 0.5) is 13.2 Å². The van der Waals surface area contributed by atoms with Gasteiger partial charge in [-0.25, -0.2) is 13.1 Å². The highest BCUT2D eigenvalue weighted by molar-refractivity contribution is 7.89. The van der Waals surface area contributed by atoms with E-state index in [2.05, 4.69) is 0 Å². The summed E-state index contributed by atoms with van der Waals surface area (Å²) in [5, 5.41) is 0. The average molecular weight is 282 g/mol. The minimum absolute atomic E-state index is 0.107. The summed E-state index contributed by atoms with van der Waals surface area (Å²) in [4.78, 5) is 10.4. The molecule has 1 aromatic carbocycles. The van der Waals surface area contributed by atoms with E-state index in [1.54, 1.807) is 0 Å². The van der Waals surface area contributed by atoms with Crippen LogP contribution in [0.15, 0.2) is 29.2 Å². The number of rotatable bonds is 4. The van der Waals surface area contributed by atoms with E-state index in [9.17, 15) is 26.4 Å². The zero-order chi connectivity index (χ0) is 14.0. The van der Waals surface area contributed by atoms with Crippen molar-refractivity contribution in [1.29, 1.82) is 0 Å². The van der Waals surface area contributed by atoms with Crippen molar-refractivity contribution in [2.45, 2.75) is 11.1 Å². The topological polar surface area (TPSA) is 89.3 Å². The molecule has 5 nitrogen and oxygen atoms in total. The van der Waals surface area contributed by atoms with Crippen molar-refractivity contribution < 1.29 is 26.4 Å². The Balaban J connectivity index is 2.99. The summed E-state index contributed by atoms with van der Waals surface area (Å²) in [6.07, 6.45) is -4.66. The van der Waals surface area contributed by atoms with E-state index in [1.165, 1.54) is 16.9 Å². The van der Waals surface area contributed by atoms with Crippen molar-refractivity contribution >= 4 is 15.9 Å². The first kappa shape index (κ1) is 14.5. The number of hydrogen-bond donors (Lipinski definition) is 2. The summed E-state index contributed by atoms with van der Waals surface area (Å²) in [5.41, 5.74) is 4.83. The average Bonchev–Trinajstić information content (AvgIpc) is 2.26. The summed E-state index contributed by atoms with van der Waals surface area (Å²) < 4.78 is 60.1. The molecule has 0 spiro atoms. The molecule has 0 aliphatic heterocycles. The molecule has 0 atom stereocenters. The normalized spacial score (nSPS) is 12.4. The zero-order valence-corrected chi connectivity index (χ0v) is 9.68. The Morgan fingerprint density at radius 2 is 1.94 bits per heavy atom. The van der Waals surface area contributed by atoms with Gasteiger partial charge in [-0.05, 0) is 18.2 Å². The van der Waals surface area contributed by atoms with Gasteiger partial charge in [0.15, 0.2) is 0 Å². The van der Waals surface area contributed by atoms with Crippen molar-refractivity contribution in [3.8, 4) is 0 Å². The second kappa shape index (κ2) is 4.94. The molecule has 18 heavy (non-hydrogen) atoms.